The Kier molecular flexibility index (Phi) is 8.44. The van der Waals surface area contributed by atoms with Crippen molar-refractivity contribution in [2.24, 2.45) is 5.92 Å². The smallest absolute Gasteiger partial charge is 0.303 e. The van der Waals surface area contributed by atoms with E-state index in [4.69, 9.17) is 0 Å². The Bertz CT molecular complexity index is 782. The van der Waals surface area contributed by atoms with Crippen molar-refractivity contribution in [2.75, 3.05) is 26.7 Å². The maximum absolute atomic E-state index is 12.9. The Morgan fingerprint density at radius 2 is 1.58 bits per heavy atom. The van der Waals surface area contributed by atoms with Crippen molar-refractivity contribution in [2.45, 2.75) is 81.3 Å². The molecule has 0 unspecified atom stereocenters. The van der Waals surface area contributed by atoms with E-state index in [1.165, 1.54) is 62.5 Å². The minimum Gasteiger partial charge on any atom is -0.303 e. The molecule has 1 heterocycles. The molecule has 0 spiro atoms. The van der Waals surface area contributed by atoms with Gasteiger partial charge in [0.25, 0.3) is 0 Å². The number of nitrogens with zero attached hydrogens (tertiary/aromatic N) is 2. The Hall–Kier alpha value is -1.12. The van der Waals surface area contributed by atoms with E-state index in [2.05, 4.69) is 4.90 Å². The maximum Gasteiger partial charge on any atom is 0.416 e. The van der Waals surface area contributed by atoms with Crippen LogP contribution in [0.15, 0.2) is 29.2 Å². The summed E-state index contributed by atoms with van der Waals surface area (Å²) in [7, 11) is -2.24. The van der Waals surface area contributed by atoms with Gasteiger partial charge in [-0.3, -0.25) is 0 Å². The number of hydrogen-bond acceptors (Lipinski definition) is 3. The predicted molar refractivity (Wildman–Crippen MR) is 116 cm³/mol. The lowest BCUT2D eigenvalue weighted by molar-refractivity contribution is -0.137. The molecule has 8 heteroatoms. The summed E-state index contributed by atoms with van der Waals surface area (Å²) in [6.45, 7) is 3.68. The van der Waals surface area contributed by atoms with Crippen molar-refractivity contribution in [1.29, 1.82) is 0 Å². The van der Waals surface area contributed by atoms with Crippen LogP contribution in [0.3, 0.4) is 0 Å². The second-order valence-corrected chi connectivity index (χ2v) is 11.1. The summed E-state index contributed by atoms with van der Waals surface area (Å²) in [5.74, 6) is 0.653. The summed E-state index contributed by atoms with van der Waals surface area (Å²) < 4.78 is 65.4. The van der Waals surface area contributed by atoms with E-state index in [0.717, 1.165) is 49.9 Å². The number of benzene rings is 1. The molecular formula is C23H35F3N2O2S. The molecule has 4 nitrogen and oxygen atoms in total. The van der Waals surface area contributed by atoms with Crippen LogP contribution in [0.2, 0.25) is 0 Å². The molecule has 3 rings (SSSR count). The summed E-state index contributed by atoms with van der Waals surface area (Å²) in [5.41, 5.74) is -0.838. The van der Waals surface area contributed by atoms with Gasteiger partial charge in [0.2, 0.25) is 10.0 Å². The first-order valence-corrected chi connectivity index (χ1v) is 13.0. The van der Waals surface area contributed by atoms with Crippen LogP contribution < -0.4 is 0 Å². The fourth-order valence-electron chi connectivity index (χ4n) is 4.93. The van der Waals surface area contributed by atoms with Gasteiger partial charge in [-0.25, -0.2) is 8.42 Å². The molecule has 1 aliphatic carbocycles. The molecule has 0 aromatic heterocycles. The molecular weight excluding hydrogens is 425 g/mol. The summed E-state index contributed by atoms with van der Waals surface area (Å²) in [5, 5.41) is 0. The van der Waals surface area contributed by atoms with Crippen LogP contribution in [0.25, 0.3) is 0 Å². The fourth-order valence-corrected chi connectivity index (χ4v) is 6.34. The zero-order chi connectivity index (χ0) is 22.5. The third kappa shape index (κ3) is 6.68. The monoisotopic (exact) mass is 460 g/mol. The van der Waals surface area contributed by atoms with Gasteiger partial charge in [0, 0.05) is 13.1 Å². The van der Waals surface area contributed by atoms with Gasteiger partial charge in [0.15, 0.2) is 0 Å². The van der Waals surface area contributed by atoms with Crippen LogP contribution >= 0.6 is 0 Å². The number of likely N-dealkylation sites (tertiary alicyclic amines) is 1. The van der Waals surface area contributed by atoms with Crippen LogP contribution in [0.5, 0.6) is 0 Å². The summed E-state index contributed by atoms with van der Waals surface area (Å²) in [6, 6.07) is 3.70. The second kappa shape index (κ2) is 10.7. The molecule has 0 atom stereocenters. The van der Waals surface area contributed by atoms with Gasteiger partial charge in [0.05, 0.1) is 10.5 Å². The lowest BCUT2D eigenvalue weighted by Gasteiger charge is -2.34. The minimum absolute atomic E-state index is 0.0807. The average Bonchev–Trinajstić information content (AvgIpc) is 2.77. The predicted octanol–water partition coefficient (Wildman–Crippen LogP) is 5.54. The van der Waals surface area contributed by atoms with Gasteiger partial charge in [-0.1, -0.05) is 19.3 Å². The third-order valence-corrected chi connectivity index (χ3v) is 8.90. The van der Waals surface area contributed by atoms with Gasteiger partial charge in [-0.15, -0.1) is 0 Å². The Labute approximate surface area is 184 Å². The molecule has 1 saturated heterocycles. The van der Waals surface area contributed by atoms with Crippen molar-refractivity contribution in [3.8, 4) is 0 Å². The van der Waals surface area contributed by atoms with Gasteiger partial charge < -0.3 is 4.90 Å². The third-order valence-electron chi connectivity index (χ3n) is 6.97. The maximum atomic E-state index is 12.9. The molecule has 1 aromatic rings. The molecule has 0 N–H and O–H groups in total. The minimum atomic E-state index is -4.47. The van der Waals surface area contributed by atoms with Crippen LogP contribution in [0, 0.1) is 5.92 Å². The van der Waals surface area contributed by atoms with Crippen molar-refractivity contribution in [1.82, 2.24) is 9.21 Å². The molecule has 2 fully saturated rings. The van der Waals surface area contributed by atoms with E-state index in [1.54, 1.807) is 7.05 Å². The lowest BCUT2D eigenvalue weighted by atomic mass is 9.83. The number of piperidine rings is 1. The van der Waals surface area contributed by atoms with Crippen LogP contribution in [-0.2, 0) is 16.2 Å². The summed E-state index contributed by atoms with van der Waals surface area (Å²) in [6.07, 6.45) is 6.87. The highest BCUT2D eigenvalue weighted by molar-refractivity contribution is 7.89. The van der Waals surface area contributed by atoms with Crippen LogP contribution in [0.1, 0.15) is 69.8 Å². The van der Waals surface area contributed by atoms with Gasteiger partial charge >= 0.3 is 6.18 Å². The van der Waals surface area contributed by atoms with E-state index in [1.807, 2.05) is 0 Å². The molecule has 1 aromatic carbocycles. The normalized spacial score (nSPS) is 23.9. The van der Waals surface area contributed by atoms with Crippen molar-refractivity contribution >= 4 is 10.0 Å². The molecule has 176 valence electrons. The Balaban J connectivity index is 1.44. The van der Waals surface area contributed by atoms with Gasteiger partial charge in [-0.2, -0.15) is 17.5 Å². The highest BCUT2D eigenvalue weighted by atomic mass is 32.2. The van der Waals surface area contributed by atoms with Gasteiger partial charge in [-0.05, 0) is 94.8 Å². The van der Waals surface area contributed by atoms with E-state index in [9.17, 15) is 21.6 Å². The number of sulfonamides is 1. The quantitative estimate of drug-likeness (QED) is 0.478. The summed E-state index contributed by atoms with van der Waals surface area (Å²) >= 11 is 0. The van der Waals surface area contributed by atoms with Crippen molar-refractivity contribution in [3.05, 3.63) is 29.8 Å². The molecule has 2 aliphatic rings. The molecule has 31 heavy (non-hydrogen) atoms. The van der Waals surface area contributed by atoms with E-state index in [-0.39, 0.29) is 10.9 Å². The van der Waals surface area contributed by atoms with Crippen molar-refractivity contribution in [3.63, 3.8) is 0 Å². The SMILES string of the molecule is CN([C@H]1CC[C@H](CCCCN2CCCCC2)CC1)S(=O)(=O)c1ccc(C(F)(F)F)cc1. The Morgan fingerprint density at radius 3 is 2.16 bits per heavy atom. The van der Waals surface area contributed by atoms with Gasteiger partial charge in [0.1, 0.15) is 0 Å². The lowest BCUT2D eigenvalue weighted by Crippen LogP contribution is -2.39. The number of unbranched alkanes of at least 4 members (excludes halogenated alkanes) is 1. The topological polar surface area (TPSA) is 40.6 Å². The number of rotatable bonds is 8. The first kappa shape index (κ1) is 24.5. The van der Waals surface area contributed by atoms with Crippen LogP contribution in [0.4, 0.5) is 13.2 Å². The van der Waals surface area contributed by atoms with Crippen LogP contribution in [-0.4, -0.2) is 50.3 Å². The fraction of sp³-hybridized carbons (Fsp3) is 0.739. The van der Waals surface area contributed by atoms with E-state index < -0.39 is 21.8 Å². The zero-order valence-electron chi connectivity index (χ0n) is 18.4. The molecule has 1 aliphatic heterocycles. The highest BCUT2D eigenvalue weighted by Crippen LogP contribution is 2.34. The molecule has 0 radical (unpaired) electrons. The first-order valence-electron chi connectivity index (χ1n) is 11.6. The standard InChI is InChI=1S/C23H35F3N2O2S/c1-27(31(29,30)22-14-10-20(11-15-22)23(24,25)26)21-12-8-19(9-13-21)7-3-6-18-28-16-4-2-5-17-28/h10-11,14-15,19,21H,2-9,12-13,16-18H2,1H3/t19-,21-. The second-order valence-electron chi connectivity index (χ2n) is 9.12. The molecule has 0 bridgehead atoms. The molecule has 0 amide bonds. The first-order chi connectivity index (χ1) is 14.7. The van der Waals surface area contributed by atoms with E-state index >= 15 is 0 Å². The summed E-state index contributed by atoms with van der Waals surface area (Å²) in [4.78, 5) is 2.49. The van der Waals surface area contributed by atoms with Crippen molar-refractivity contribution < 1.29 is 21.6 Å². The Morgan fingerprint density at radius 1 is 0.968 bits per heavy atom. The highest BCUT2D eigenvalue weighted by Gasteiger charge is 2.33. The molecule has 1 saturated carbocycles. The average molecular weight is 461 g/mol. The largest absolute Gasteiger partial charge is 0.416 e. The number of alkyl halides is 3. The zero-order valence-corrected chi connectivity index (χ0v) is 19.2. The van der Waals surface area contributed by atoms with E-state index in [0.29, 0.717) is 5.92 Å². The number of hydrogen-bond donors (Lipinski definition) is 0. The number of halogens is 3.